The molecule has 2 aliphatic heterocycles. The minimum absolute atomic E-state index is 0.483. The van der Waals surface area contributed by atoms with Crippen molar-refractivity contribution in [3.63, 3.8) is 0 Å². The van der Waals surface area contributed by atoms with Gasteiger partial charge in [0.1, 0.15) is 0 Å². The lowest BCUT2D eigenvalue weighted by atomic mass is 9.94. The van der Waals surface area contributed by atoms with E-state index in [1.807, 2.05) is 0 Å². The molecule has 2 heterocycles. The summed E-state index contributed by atoms with van der Waals surface area (Å²) in [7, 11) is 2.06. The Morgan fingerprint density at radius 3 is 2.88 bits per heavy atom. The number of hydrogen-bond acceptors (Lipinski definition) is 3. The summed E-state index contributed by atoms with van der Waals surface area (Å²) in [6, 6.07) is 0.776. The quantitative estimate of drug-likeness (QED) is 0.810. The van der Waals surface area contributed by atoms with Crippen LogP contribution in [0, 0.1) is 11.8 Å². The molecule has 3 atom stereocenters. The van der Waals surface area contributed by atoms with E-state index in [1.165, 1.54) is 38.9 Å². The highest BCUT2D eigenvalue weighted by Gasteiger charge is 2.32. The van der Waals surface area contributed by atoms with Crippen molar-refractivity contribution >= 4 is 0 Å². The standard InChI is InChI=1S/C14H28N2O/c1-11(2)14-8-13(5-7-17-14)16-6-4-12(10-16)9-15-3/h11-15H,4-10H2,1-3H3. The van der Waals surface area contributed by atoms with Gasteiger partial charge in [-0.2, -0.15) is 0 Å². The van der Waals surface area contributed by atoms with Gasteiger partial charge in [-0.05, 0) is 51.2 Å². The van der Waals surface area contributed by atoms with Crippen molar-refractivity contribution in [1.82, 2.24) is 10.2 Å². The topological polar surface area (TPSA) is 24.5 Å². The van der Waals surface area contributed by atoms with E-state index in [2.05, 4.69) is 31.1 Å². The van der Waals surface area contributed by atoms with Crippen molar-refractivity contribution in [2.24, 2.45) is 11.8 Å². The van der Waals surface area contributed by atoms with E-state index in [9.17, 15) is 0 Å². The molecule has 0 radical (unpaired) electrons. The van der Waals surface area contributed by atoms with Gasteiger partial charge in [0.15, 0.2) is 0 Å². The van der Waals surface area contributed by atoms with Crippen molar-refractivity contribution in [1.29, 1.82) is 0 Å². The average Bonchev–Trinajstić information content (AvgIpc) is 2.78. The van der Waals surface area contributed by atoms with Gasteiger partial charge in [0, 0.05) is 19.2 Å². The minimum Gasteiger partial charge on any atom is -0.378 e. The Labute approximate surface area is 106 Å². The first-order chi connectivity index (χ1) is 8.20. The van der Waals surface area contributed by atoms with Crippen LogP contribution in [0.4, 0.5) is 0 Å². The molecule has 100 valence electrons. The molecule has 0 aromatic heterocycles. The lowest BCUT2D eigenvalue weighted by Crippen LogP contribution is -2.43. The number of ether oxygens (including phenoxy) is 1. The summed E-state index contributed by atoms with van der Waals surface area (Å²) in [4.78, 5) is 2.71. The zero-order valence-corrected chi connectivity index (χ0v) is 11.6. The second-order valence-electron chi connectivity index (χ2n) is 6.04. The Kier molecular flexibility index (Phi) is 4.83. The van der Waals surface area contributed by atoms with Gasteiger partial charge in [-0.3, -0.25) is 4.90 Å². The normalized spacial score (nSPS) is 35.6. The van der Waals surface area contributed by atoms with E-state index in [0.29, 0.717) is 12.0 Å². The molecule has 0 spiro atoms. The zero-order valence-electron chi connectivity index (χ0n) is 11.6. The molecule has 17 heavy (non-hydrogen) atoms. The van der Waals surface area contributed by atoms with Crippen molar-refractivity contribution < 1.29 is 4.74 Å². The summed E-state index contributed by atoms with van der Waals surface area (Å²) in [5, 5.41) is 3.31. The smallest absolute Gasteiger partial charge is 0.0612 e. The molecule has 0 aromatic rings. The van der Waals surface area contributed by atoms with Crippen LogP contribution in [0.25, 0.3) is 0 Å². The Bertz CT molecular complexity index is 232. The molecule has 0 saturated carbocycles. The van der Waals surface area contributed by atoms with Crippen LogP contribution in [0.3, 0.4) is 0 Å². The third kappa shape index (κ3) is 3.43. The molecule has 2 saturated heterocycles. The summed E-state index contributed by atoms with van der Waals surface area (Å²) in [6.07, 6.45) is 4.32. The van der Waals surface area contributed by atoms with Gasteiger partial charge in [-0.25, -0.2) is 0 Å². The molecule has 0 aromatic carbocycles. The van der Waals surface area contributed by atoms with Crippen LogP contribution >= 0.6 is 0 Å². The fraction of sp³-hybridized carbons (Fsp3) is 1.00. The number of hydrogen-bond donors (Lipinski definition) is 1. The van der Waals surface area contributed by atoms with E-state index in [1.54, 1.807) is 0 Å². The molecule has 3 nitrogen and oxygen atoms in total. The van der Waals surface area contributed by atoms with Crippen LogP contribution in [0.5, 0.6) is 0 Å². The second-order valence-corrected chi connectivity index (χ2v) is 6.04. The van der Waals surface area contributed by atoms with Crippen molar-refractivity contribution in [2.75, 3.05) is 33.3 Å². The average molecular weight is 240 g/mol. The monoisotopic (exact) mass is 240 g/mol. The van der Waals surface area contributed by atoms with Crippen LogP contribution in [0.2, 0.25) is 0 Å². The molecule has 2 rings (SSSR count). The van der Waals surface area contributed by atoms with Gasteiger partial charge in [-0.15, -0.1) is 0 Å². The molecule has 2 aliphatic rings. The fourth-order valence-electron chi connectivity index (χ4n) is 3.26. The van der Waals surface area contributed by atoms with E-state index >= 15 is 0 Å². The summed E-state index contributed by atoms with van der Waals surface area (Å²) >= 11 is 0. The predicted octanol–water partition coefficient (Wildman–Crippen LogP) is 1.73. The summed E-state index contributed by atoms with van der Waals surface area (Å²) in [5.74, 6) is 1.52. The SMILES string of the molecule is CNCC1CCN(C2CCOC(C(C)C)C2)C1. The first-order valence-corrected chi connectivity index (χ1v) is 7.21. The first kappa shape index (κ1) is 13.3. The van der Waals surface area contributed by atoms with E-state index in [-0.39, 0.29) is 0 Å². The zero-order chi connectivity index (χ0) is 12.3. The molecular weight excluding hydrogens is 212 g/mol. The highest BCUT2D eigenvalue weighted by molar-refractivity contribution is 4.86. The molecule has 0 aliphatic carbocycles. The van der Waals surface area contributed by atoms with Crippen molar-refractivity contribution in [3.8, 4) is 0 Å². The molecule has 1 N–H and O–H groups in total. The lowest BCUT2D eigenvalue weighted by molar-refractivity contribution is -0.0451. The Hall–Kier alpha value is -0.120. The van der Waals surface area contributed by atoms with Crippen LogP contribution in [-0.4, -0.2) is 50.3 Å². The summed E-state index contributed by atoms with van der Waals surface area (Å²) < 4.78 is 5.86. The third-order valence-electron chi connectivity index (χ3n) is 4.36. The number of nitrogens with zero attached hydrogens (tertiary/aromatic N) is 1. The van der Waals surface area contributed by atoms with Crippen LogP contribution < -0.4 is 5.32 Å². The maximum absolute atomic E-state index is 5.86. The van der Waals surface area contributed by atoms with Crippen LogP contribution in [0.15, 0.2) is 0 Å². The van der Waals surface area contributed by atoms with Crippen LogP contribution in [0.1, 0.15) is 33.1 Å². The molecule has 0 amide bonds. The van der Waals surface area contributed by atoms with Crippen molar-refractivity contribution in [3.05, 3.63) is 0 Å². The molecule has 3 heteroatoms. The maximum Gasteiger partial charge on any atom is 0.0612 e. The Morgan fingerprint density at radius 1 is 1.35 bits per heavy atom. The van der Waals surface area contributed by atoms with Gasteiger partial charge in [-0.1, -0.05) is 13.8 Å². The number of rotatable bonds is 4. The van der Waals surface area contributed by atoms with Crippen molar-refractivity contribution in [2.45, 2.75) is 45.3 Å². The van der Waals surface area contributed by atoms with Gasteiger partial charge >= 0.3 is 0 Å². The molecule has 0 bridgehead atoms. The van der Waals surface area contributed by atoms with E-state index in [4.69, 9.17) is 4.74 Å². The largest absolute Gasteiger partial charge is 0.378 e. The number of likely N-dealkylation sites (tertiary alicyclic amines) is 1. The Balaban J connectivity index is 1.82. The second kappa shape index (κ2) is 6.17. The van der Waals surface area contributed by atoms with E-state index in [0.717, 1.165) is 18.6 Å². The summed E-state index contributed by atoms with van der Waals surface area (Å²) in [6.45, 7) is 9.27. The molecular formula is C14H28N2O. The van der Waals surface area contributed by atoms with Gasteiger partial charge in [0.2, 0.25) is 0 Å². The van der Waals surface area contributed by atoms with E-state index < -0.39 is 0 Å². The highest BCUT2D eigenvalue weighted by atomic mass is 16.5. The highest BCUT2D eigenvalue weighted by Crippen LogP contribution is 2.27. The maximum atomic E-state index is 5.86. The lowest BCUT2D eigenvalue weighted by Gasteiger charge is -2.37. The molecule has 2 fully saturated rings. The van der Waals surface area contributed by atoms with Crippen LogP contribution in [-0.2, 0) is 4.74 Å². The summed E-state index contributed by atoms with van der Waals surface area (Å²) in [5.41, 5.74) is 0. The predicted molar refractivity (Wildman–Crippen MR) is 71.2 cm³/mol. The van der Waals surface area contributed by atoms with Gasteiger partial charge in [0.25, 0.3) is 0 Å². The first-order valence-electron chi connectivity index (χ1n) is 7.21. The third-order valence-corrected chi connectivity index (χ3v) is 4.36. The minimum atomic E-state index is 0.483. The van der Waals surface area contributed by atoms with Gasteiger partial charge in [0.05, 0.1) is 6.10 Å². The molecule has 3 unspecified atom stereocenters. The van der Waals surface area contributed by atoms with Gasteiger partial charge < -0.3 is 10.1 Å². The number of nitrogens with one attached hydrogen (secondary N) is 1. The fourth-order valence-corrected chi connectivity index (χ4v) is 3.26. The Morgan fingerprint density at radius 2 is 2.18 bits per heavy atom.